The summed E-state index contributed by atoms with van der Waals surface area (Å²) in [5.74, 6) is 0.201. The smallest absolute Gasteiger partial charge is 0.0472 e. The Bertz CT molecular complexity index is 886. The van der Waals surface area contributed by atoms with Crippen molar-refractivity contribution in [3.05, 3.63) is 107 Å². The Hall–Kier alpha value is -2.51. The molecule has 0 saturated carbocycles. The molecule has 0 aliphatic rings. The number of aromatic amines is 1. The first kappa shape index (κ1) is 14.1. The lowest BCUT2D eigenvalue weighted by Crippen LogP contribution is -2.02. The molecule has 0 aliphatic heterocycles. The van der Waals surface area contributed by atoms with Gasteiger partial charge in [-0.2, -0.15) is 0 Å². The van der Waals surface area contributed by atoms with Crippen molar-refractivity contribution in [2.45, 2.75) is 5.92 Å². The molecule has 0 bridgehead atoms. The lowest BCUT2D eigenvalue weighted by molar-refractivity contribution is 0.988. The molecule has 0 unspecified atom stereocenters. The molecular formula is C21H16ClN. The zero-order valence-electron chi connectivity index (χ0n) is 12.5. The minimum absolute atomic E-state index is 0.201. The highest BCUT2D eigenvalue weighted by Gasteiger charge is 2.19. The summed E-state index contributed by atoms with van der Waals surface area (Å²) in [5.41, 5.74) is 4.92. The highest BCUT2D eigenvalue weighted by molar-refractivity contribution is 6.31. The third-order valence-electron chi connectivity index (χ3n) is 4.25. The molecule has 1 N–H and O–H groups in total. The molecule has 0 saturated heterocycles. The number of nitrogens with one attached hydrogen (secondary N) is 1. The molecular weight excluding hydrogens is 302 g/mol. The van der Waals surface area contributed by atoms with Crippen molar-refractivity contribution in [2.24, 2.45) is 0 Å². The van der Waals surface area contributed by atoms with Crippen LogP contribution in [0.1, 0.15) is 22.6 Å². The van der Waals surface area contributed by atoms with Gasteiger partial charge in [0.25, 0.3) is 0 Å². The van der Waals surface area contributed by atoms with Crippen LogP contribution in [0.2, 0.25) is 5.02 Å². The molecule has 23 heavy (non-hydrogen) atoms. The van der Waals surface area contributed by atoms with Gasteiger partial charge in [-0.1, -0.05) is 78.3 Å². The largest absolute Gasteiger partial charge is 0.361 e. The van der Waals surface area contributed by atoms with E-state index >= 15 is 0 Å². The number of hydrogen-bond donors (Lipinski definition) is 1. The Balaban J connectivity index is 1.94. The average Bonchev–Trinajstić information content (AvgIpc) is 3.00. The number of fused-ring (bicyclic) bond motifs is 1. The van der Waals surface area contributed by atoms with E-state index in [1.807, 2.05) is 12.1 Å². The van der Waals surface area contributed by atoms with E-state index in [4.69, 9.17) is 11.6 Å². The maximum Gasteiger partial charge on any atom is 0.0472 e. The highest BCUT2D eigenvalue weighted by Crippen LogP contribution is 2.36. The highest BCUT2D eigenvalue weighted by atomic mass is 35.5. The van der Waals surface area contributed by atoms with Gasteiger partial charge >= 0.3 is 0 Å². The zero-order valence-corrected chi connectivity index (χ0v) is 13.3. The van der Waals surface area contributed by atoms with Crippen LogP contribution in [0.3, 0.4) is 0 Å². The number of benzene rings is 3. The quantitative estimate of drug-likeness (QED) is 0.477. The molecule has 0 fully saturated rings. The van der Waals surface area contributed by atoms with Crippen molar-refractivity contribution in [3.63, 3.8) is 0 Å². The van der Waals surface area contributed by atoms with Crippen LogP contribution < -0.4 is 0 Å². The Morgan fingerprint density at radius 2 is 1.35 bits per heavy atom. The van der Waals surface area contributed by atoms with Crippen LogP contribution in [-0.2, 0) is 0 Å². The van der Waals surface area contributed by atoms with Crippen LogP contribution in [-0.4, -0.2) is 4.98 Å². The van der Waals surface area contributed by atoms with Crippen LogP contribution in [0, 0.1) is 0 Å². The number of aromatic nitrogens is 1. The molecule has 4 aromatic rings. The fraction of sp³-hybridized carbons (Fsp3) is 0.0476. The summed E-state index contributed by atoms with van der Waals surface area (Å²) in [5, 5.41) is 1.97. The van der Waals surface area contributed by atoms with E-state index in [1.54, 1.807) is 0 Å². The fourth-order valence-corrected chi connectivity index (χ4v) is 3.37. The van der Waals surface area contributed by atoms with Crippen molar-refractivity contribution in [3.8, 4) is 0 Å². The maximum absolute atomic E-state index is 6.12. The molecule has 4 rings (SSSR count). The first-order chi connectivity index (χ1) is 11.3. The molecule has 112 valence electrons. The fourth-order valence-electron chi connectivity index (χ4n) is 3.20. The Morgan fingerprint density at radius 1 is 0.739 bits per heavy atom. The van der Waals surface area contributed by atoms with Crippen LogP contribution in [0.4, 0.5) is 0 Å². The zero-order chi connectivity index (χ0) is 15.6. The number of rotatable bonds is 3. The molecule has 0 spiro atoms. The molecule has 0 atom stereocenters. The summed E-state index contributed by atoms with van der Waals surface area (Å²) in [4.78, 5) is 3.36. The average molecular weight is 318 g/mol. The van der Waals surface area contributed by atoms with Crippen LogP contribution >= 0.6 is 11.6 Å². The molecule has 2 heteroatoms. The molecule has 1 aromatic heterocycles. The van der Waals surface area contributed by atoms with E-state index in [1.165, 1.54) is 22.1 Å². The van der Waals surface area contributed by atoms with Gasteiger partial charge < -0.3 is 4.98 Å². The first-order valence-corrected chi connectivity index (χ1v) is 8.07. The topological polar surface area (TPSA) is 15.8 Å². The summed E-state index contributed by atoms with van der Waals surface area (Å²) in [6.07, 6.45) is 2.10. The standard InChI is InChI=1S/C21H16ClN/c22-17-11-12-18-19(14-23-20(18)13-17)21(15-7-3-1-4-8-15)16-9-5-2-6-10-16/h1-14,21,23H. The van der Waals surface area contributed by atoms with Gasteiger partial charge in [-0.15, -0.1) is 0 Å². The Morgan fingerprint density at radius 3 is 1.96 bits per heavy atom. The number of hydrogen-bond acceptors (Lipinski definition) is 0. The third-order valence-corrected chi connectivity index (χ3v) is 4.49. The summed E-state index contributed by atoms with van der Waals surface area (Å²) < 4.78 is 0. The van der Waals surface area contributed by atoms with Crippen molar-refractivity contribution >= 4 is 22.5 Å². The van der Waals surface area contributed by atoms with E-state index in [0.717, 1.165) is 10.5 Å². The minimum atomic E-state index is 0.201. The van der Waals surface area contributed by atoms with Gasteiger partial charge in [0.1, 0.15) is 0 Å². The predicted octanol–water partition coefficient (Wildman–Crippen LogP) is 6.00. The van der Waals surface area contributed by atoms with Gasteiger partial charge in [0.2, 0.25) is 0 Å². The third kappa shape index (κ3) is 2.64. The summed E-state index contributed by atoms with van der Waals surface area (Å²) >= 11 is 6.12. The van der Waals surface area contributed by atoms with Gasteiger partial charge in [-0.05, 0) is 28.8 Å². The molecule has 0 aliphatic carbocycles. The first-order valence-electron chi connectivity index (χ1n) is 7.69. The maximum atomic E-state index is 6.12. The van der Waals surface area contributed by atoms with Gasteiger partial charge in [-0.25, -0.2) is 0 Å². The lowest BCUT2D eigenvalue weighted by Gasteiger charge is -2.18. The van der Waals surface area contributed by atoms with E-state index in [2.05, 4.69) is 77.9 Å². The number of halogens is 1. The molecule has 1 nitrogen and oxygen atoms in total. The van der Waals surface area contributed by atoms with Crippen LogP contribution in [0.5, 0.6) is 0 Å². The van der Waals surface area contributed by atoms with Gasteiger partial charge in [0.05, 0.1) is 0 Å². The van der Waals surface area contributed by atoms with Gasteiger partial charge in [0.15, 0.2) is 0 Å². The summed E-state index contributed by atoms with van der Waals surface area (Å²) in [6.45, 7) is 0. The molecule has 0 radical (unpaired) electrons. The van der Waals surface area contributed by atoms with E-state index in [9.17, 15) is 0 Å². The molecule has 3 aromatic carbocycles. The second kappa shape index (κ2) is 5.94. The van der Waals surface area contributed by atoms with Crippen LogP contribution in [0.15, 0.2) is 85.1 Å². The molecule has 0 amide bonds. The van der Waals surface area contributed by atoms with Crippen molar-refractivity contribution < 1.29 is 0 Å². The van der Waals surface area contributed by atoms with Crippen LogP contribution in [0.25, 0.3) is 10.9 Å². The SMILES string of the molecule is Clc1ccc2c(C(c3ccccc3)c3ccccc3)c[nH]c2c1. The van der Waals surface area contributed by atoms with E-state index in [0.29, 0.717) is 0 Å². The van der Waals surface area contributed by atoms with Crippen molar-refractivity contribution in [1.82, 2.24) is 4.98 Å². The summed E-state index contributed by atoms with van der Waals surface area (Å²) in [6, 6.07) is 27.3. The lowest BCUT2D eigenvalue weighted by atomic mass is 9.85. The van der Waals surface area contributed by atoms with Crippen molar-refractivity contribution in [1.29, 1.82) is 0 Å². The van der Waals surface area contributed by atoms with E-state index < -0.39 is 0 Å². The minimum Gasteiger partial charge on any atom is -0.361 e. The normalized spacial score (nSPS) is 11.2. The molecule has 1 heterocycles. The second-order valence-corrected chi connectivity index (χ2v) is 6.12. The van der Waals surface area contributed by atoms with Crippen molar-refractivity contribution in [2.75, 3.05) is 0 Å². The Kier molecular flexibility index (Phi) is 3.64. The van der Waals surface area contributed by atoms with Gasteiger partial charge in [0, 0.05) is 28.0 Å². The second-order valence-electron chi connectivity index (χ2n) is 5.69. The van der Waals surface area contributed by atoms with Gasteiger partial charge in [-0.3, -0.25) is 0 Å². The Labute approximate surface area is 140 Å². The monoisotopic (exact) mass is 317 g/mol. The van der Waals surface area contributed by atoms with E-state index in [-0.39, 0.29) is 5.92 Å². The predicted molar refractivity (Wildman–Crippen MR) is 97.1 cm³/mol. The summed E-state index contributed by atoms with van der Waals surface area (Å²) in [7, 11) is 0. The number of H-pyrrole nitrogens is 1.